The van der Waals surface area contributed by atoms with Crippen molar-refractivity contribution in [1.82, 2.24) is 4.98 Å². The predicted molar refractivity (Wildman–Crippen MR) is 58.5 cm³/mol. The molecule has 4 nitrogen and oxygen atoms in total. The molecule has 1 rings (SSSR count). The molecule has 0 aliphatic rings. The average molecular weight is 283 g/mol. The molecule has 18 heavy (non-hydrogen) atoms. The van der Waals surface area contributed by atoms with Crippen LogP contribution in [0.25, 0.3) is 0 Å². The van der Waals surface area contributed by atoms with E-state index in [1.54, 1.807) is 6.07 Å². The minimum Gasteiger partial charge on any atom is -0.355 e. The number of pyridine rings is 1. The lowest BCUT2D eigenvalue weighted by Crippen LogP contribution is -2.28. The highest BCUT2D eigenvalue weighted by molar-refractivity contribution is 7.87. The van der Waals surface area contributed by atoms with E-state index in [0.29, 0.717) is 5.56 Å². The summed E-state index contributed by atoms with van der Waals surface area (Å²) in [5, 5.41) is 0. The molecule has 0 amide bonds. The lowest BCUT2D eigenvalue weighted by molar-refractivity contribution is -0.0501. The van der Waals surface area contributed by atoms with Crippen molar-refractivity contribution in [1.29, 1.82) is 0 Å². The first kappa shape index (κ1) is 14.7. The van der Waals surface area contributed by atoms with Gasteiger partial charge in [0.1, 0.15) is 0 Å². The van der Waals surface area contributed by atoms with Crippen molar-refractivity contribution < 1.29 is 25.8 Å². The number of alkyl halides is 3. The summed E-state index contributed by atoms with van der Waals surface area (Å²) < 4.78 is 61.9. The first-order valence-electron chi connectivity index (χ1n) is 4.91. The normalized spacial score (nSPS) is 13.4. The predicted octanol–water partition coefficient (Wildman–Crippen LogP) is 2.61. The van der Waals surface area contributed by atoms with Gasteiger partial charge in [-0.15, -0.1) is 0 Å². The van der Waals surface area contributed by atoms with Crippen molar-refractivity contribution >= 4 is 10.1 Å². The zero-order valence-electron chi connectivity index (χ0n) is 9.95. The third-order valence-corrected chi connectivity index (χ3v) is 3.04. The van der Waals surface area contributed by atoms with Crippen LogP contribution in [0.5, 0.6) is 5.88 Å². The minimum atomic E-state index is -5.68. The summed E-state index contributed by atoms with van der Waals surface area (Å²) in [6.07, 6.45) is 1.20. The van der Waals surface area contributed by atoms with Gasteiger partial charge in [-0.2, -0.15) is 21.6 Å². The third kappa shape index (κ3) is 3.34. The second-order valence-corrected chi connectivity index (χ2v) is 6.15. The van der Waals surface area contributed by atoms with Gasteiger partial charge < -0.3 is 4.18 Å². The molecule has 0 aliphatic heterocycles. The van der Waals surface area contributed by atoms with E-state index in [0.717, 1.165) is 0 Å². The van der Waals surface area contributed by atoms with Crippen molar-refractivity contribution in [2.24, 2.45) is 0 Å². The molecule has 0 atom stereocenters. The van der Waals surface area contributed by atoms with Gasteiger partial charge in [0.15, 0.2) is 0 Å². The molecular formula is C10H12F3NO3S. The molecule has 0 N–H and O–H groups in total. The molecule has 0 unspecified atom stereocenters. The summed E-state index contributed by atoms with van der Waals surface area (Å²) in [6, 6.07) is 2.75. The molecule has 1 heterocycles. The Hall–Kier alpha value is -1.31. The van der Waals surface area contributed by atoms with E-state index in [1.807, 2.05) is 20.8 Å². The maximum atomic E-state index is 12.1. The highest BCUT2D eigenvalue weighted by Gasteiger charge is 2.48. The molecule has 0 saturated carbocycles. The van der Waals surface area contributed by atoms with E-state index >= 15 is 0 Å². The molecule has 0 radical (unpaired) electrons. The molecular weight excluding hydrogens is 271 g/mol. The Labute approximate surface area is 103 Å². The monoisotopic (exact) mass is 283 g/mol. The fourth-order valence-corrected chi connectivity index (χ4v) is 1.49. The van der Waals surface area contributed by atoms with Crippen molar-refractivity contribution in [3.05, 3.63) is 23.9 Å². The summed E-state index contributed by atoms with van der Waals surface area (Å²) in [5.41, 5.74) is -5.21. The van der Waals surface area contributed by atoms with Crippen LogP contribution in [0.3, 0.4) is 0 Å². The molecule has 0 saturated heterocycles. The number of nitrogens with zero attached hydrogens (tertiary/aromatic N) is 1. The van der Waals surface area contributed by atoms with Crippen molar-refractivity contribution in [2.75, 3.05) is 0 Å². The van der Waals surface area contributed by atoms with Crippen LogP contribution in [0.1, 0.15) is 26.3 Å². The van der Waals surface area contributed by atoms with Crippen molar-refractivity contribution in [3.63, 3.8) is 0 Å². The Morgan fingerprint density at radius 3 is 2.22 bits per heavy atom. The van der Waals surface area contributed by atoms with Gasteiger partial charge in [-0.25, -0.2) is 4.98 Å². The van der Waals surface area contributed by atoms with Gasteiger partial charge in [-0.1, -0.05) is 20.8 Å². The number of halogens is 3. The highest BCUT2D eigenvalue weighted by Crippen LogP contribution is 2.28. The minimum absolute atomic E-state index is 0.358. The Bertz CT molecular complexity index is 532. The summed E-state index contributed by atoms with van der Waals surface area (Å²) in [5.74, 6) is -0.597. The molecule has 0 fully saturated rings. The van der Waals surface area contributed by atoms with Crippen LogP contribution < -0.4 is 4.18 Å². The third-order valence-electron chi connectivity index (χ3n) is 2.08. The Kier molecular flexibility index (Phi) is 3.62. The molecule has 0 aliphatic carbocycles. The van der Waals surface area contributed by atoms with Crippen LogP contribution in [-0.2, 0) is 15.5 Å². The standard InChI is InChI=1S/C10H12F3NO3S/c1-9(2,3)7-4-5-14-8(6-7)17-18(15,16)10(11,12)13/h4-6H,1-3H3. The molecule has 8 heteroatoms. The molecule has 1 aromatic rings. The summed E-state index contributed by atoms with van der Waals surface area (Å²) in [7, 11) is -5.68. The number of aromatic nitrogens is 1. The van der Waals surface area contributed by atoms with E-state index in [-0.39, 0.29) is 5.41 Å². The van der Waals surface area contributed by atoms with Crippen molar-refractivity contribution in [3.8, 4) is 5.88 Å². The van der Waals surface area contributed by atoms with Crippen molar-refractivity contribution in [2.45, 2.75) is 31.7 Å². The Morgan fingerprint density at radius 2 is 1.78 bits per heavy atom. The van der Waals surface area contributed by atoms with Gasteiger partial charge in [-0.3, -0.25) is 0 Å². The van der Waals surface area contributed by atoms with Crippen LogP contribution >= 0.6 is 0 Å². The van der Waals surface area contributed by atoms with Gasteiger partial charge in [0.25, 0.3) is 0 Å². The molecule has 0 spiro atoms. The van der Waals surface area contributed by atoms with Gasteiger partial charge in [0, 0.05) is 12.3 Å². The maximum absolute atomic E-state index is 12.1. The fourth-order valence-electron chi connectivity index (χ4n) is 1.08. The van der Waals surface area contributed by atoms with E-state index in [1.165, 1.54) is 12.3 Å². The van der Waals surface area contributed by atoms with Crippen LogP contribution in [0.15, 0.2) is 18.3 Å². The Morgan fingerprint density at radius 1 is 1.22 bits per heavy atom. The number of hydrogen-bond acceptors (Lipinski definition) is 4. The van der Waals surface area contributed by atoms with Gasteiger partial charge in [-0.05, 0) is 17.0 Å². The molecule has 0 aromatic carbocycles. The summed E-state index contributed by atoms with van der Waals surface area (Å²) in [6.45, 7) is 5.47. The van der Waals surface area contributed by atoms with E-state index in [4.69, 9.17) is 0 Å². The van der Waals surface area contributed by atoms with Crippen LogP contribution in [0, 0.1) is 0 Å². The Balaban J connectivity index is 3.08. The zero-order valence-corrected chi connectivity index (χ0v) is 10.8. The topological polar surface area (TPSA) is 56.3 Å². The van der Waals surface area contributed by atoms with Gasteiger partial charge >= 0.3 is 15.6 Å². The number of rotatable bonds is 2. The van der Waals surface area contributed by atoms with Crippen LogP contribution in [0.2, 0.25) is 0 Å². The van der Waals surface area contributed by atoms with E-state index < -0.39 is 21.5 Å². The SMILES string of the molecule is CC(C)(C)c1ccnc(OS(=O)(=O)C(F)(F)F)c1. The lowest BCUT2D eigenvalue weighted by Gasteiger charge is -2.19. The molecule has 1 aromatic heterocycles. The smallest absolute Gasteiger partial charge is 0.355 e. The maximum Gasteiger partial charge on any atom is 0.534 e. The first-order valence-corrected chi connectivity index (χ1v) is 6.31. The fraction of sp³-hybridized carbons (Fsp3) is 0.500. The first-order chi connectivity index (χ1) is 7.93. The summed E-state index contributed by atoms with van der Waals surface area (Å²) in [4.78, 5) is 3.45. The lowest BCUT2D eigenvalue weighted by atomic mass is 9.88. The van der Waals surface area contributed by atoms with Crippen LogP contribution in [-0.4, -0.2) is 18.9 Å². The summed E-state index contributed by atoms with van der Waals surface area (Å²) >= 11 is 0. The highest BCUT2D eigenvalue weighted by atomic mass is 32.2. The largest absolute Gasteiger partial charge is 0.534 e. The second kappa shape index (κ2) is 4.42. The van der Waals surface area contributed by atoms with E-state index in [2.05, 4.69) is 9.17 Å². The average Bonchev–Trinajstić information content (AvgIpc) is 2.14. The quantitative estimate of drug-likeness (QED) is 0.618. The number of hydrogen-bond donors (Lipinski definition) is 0. The van der Waals surface area contributed by atoms with Crippen LogP contribution in [0.4, 0.5) is 13.2 Å². The van der Waals surface area contributed by atoms with Gasteiger partial charge in [0.05, 0.1) is 0 Å². The van der Waals surface area contributed by atoms with Gasteiger partial charge in [0.2, 0.25) is 5.88 Å². The molecule has 102 valence electrons. The zero-order chi connectivity index (χ0) is 14.2. The molecule has 0 bridgehead atoms. The second-order valence-electron chi connectivity index (χ2n) is 4.62. The van der Waals surface area contributed by atoms with E-state index in [9.17, 15) is 21.6 Å².